The fourth-order valence-corrected chi connectivity index (χ4v) is 3.63. The van der Waals surface area contributed by atoms with Gasteiger partial charge in [0, 0.05) is 19.0 Å². The van der Waals surface area contributed by atoms with Crippen LogP contribution >= 0.6 is 0 Å². The lowest BCUT2D eigenvalue weighted by atomic mass is 9.85. The molecule has 0 aromatic rings. The summed E-state index contributed by atoms with van der Waals surface area (Å²) < 4.78 is 0. The lowest BCUT2D eigenvalue weighted by Crippen LogP contribution is -2.40. The third kappa shape index (κ3) is 2.45. The molecule has 1 saturated heterocycles. The number of carbonyl (C=O) groups excluding carboxylic acids is 1. The van der Waals surface area contributed by atoms with Crippen molar-refractivity contribution in [1.82, 2.24) is 4.90 Å². The number of nitrogens with zero attached hydrogens (tertiary/aromatic N) is 1. The van der Waals surface area contributed by atoms with Crippen LogP contribution < -0.4 is 0 Å². The highest BCUT2D eigenvalue weighted by Crippen LogP contribution is 2.40. The first kappa shape index (κ1) is 12.4. The quantitative estimate of drug-likeness (QED) is 0.815. The normalized spacial score (nSPS) is 30.2. The van der Waals surface area contributed by atoms with E-state index in [0.717, 1.165) is 19.4 Å². The fraction of sp³-hybridized carbons (Fsp3) is 0.846. The predicted octanol–water partition coefficient (Wildman–Crippen LogP) is 1.89. The van der Waals surface area contributed by atoms with E-state index in [1.54, 1.807) is 0 Å². The predicted molar refractivity (Wildman–Crippen MR) is 63.5 cm³/mol. The van der Waals surface area contributed by atoms with Crippen molar-refractivity contribution < 1.29 is 14.7 Å². The van der Waals surface area contributed by atoms with E-state index in [1.165, 1.54) is 12.8 Å². The Morgan fingerprint density at radius 3 is 2.59 bits per heavy atom. The van der Waals surface area contributed by atoms with Gasteiger partial charge in [0.25, 0.3) is 0 Å². The van der Waals surface area contributed by atoms with Gasteiger partial charge in [0.1, 0.15) is 0 Å². The smallest absolute Gasteiger partial charge is 0.303 e. The van der Waals surface area contributed by atoms with E-state index in [9.17, 15) is 9.59 Å². The van der Waals surface area contributed by atoms with Crippen LogP contribution in [0.25, 0.3) is 0 Å². The summed E-state index contributed by atoms with van der Waals surface area (Å²) in [4.78, 5) is 24.7. The van der Waals surface area contributed by atoms with Crippen LogP contribution in [0.5, 0.6) is 0 Å². The molecular formula is C13H21NO3. The van der Waals surface area contributed by atoms with Crippen molar-refractivity contribution in [2.24, 2.45) is 11.8 Å². The second kappa shape index (κ2) is 5.07. The number of hydrogen-bond donors (Lipinski definition) is 1. The average molecular weight is 239 g/mol. The molecule has 0 radical (unpaired) electrons. The minimum Gasteiger partial charge on any atom is -0.481 e. The van der Waals surface area contributed by atoms with Gasteiger partial charge in [-0.2, -0.15) is 0 Å². The van der Waals surface area contributed by atoms with Crippen LogP contribution in [0.4, 0.5) is 0 Å². The van der Waals surface area contributed by atoms with Crippen LogP contribution in [0, 0.1) is 11.8 Å². The molecule has 2 fully saturated rings. The number of amides is 1. The van der Waals surface area contributed by atoms with Gasteiger partial charge in [0.2, 0.25) is 5.91 Å². The molecule has 1 aliphatic heterocycles. The van der Waals surface area contributed by atoms with E-state index in [2.05, 4.69) is 0 Å². The van der Waals surface area contributed by atoms with E-state index in [4.69, 9.17) is 5.11 Å². The SMILES string of the molecule is CCN1C(=O)C[C@H](CC(=O)O)[C@H]1C1CCCC1. The zero-order valence-electron chi connectivity index (χ0n) is 10.4. The van der Waals surface area contributed by atoms with Gasteiger partial charge in [-0.05, 0) is 31.6 Å². The molecule has 17 heavy (non-hydrogen) atoms. The third-order valence-electron chi connectivity index (χ3n) is 4.26. The maximum atomic E-state index is 11.9. The van der Waals surface area contributed by atoms with Gasteiger partial charge in [0.05, 0.1) is 6.42 Å². The van der Waals surface area contributed by atoms with Crippen LogP contribution in [0.2, 0.25) is 0 Å². The Kier molecular flexibility index (Phi) is 3.69. The van der Waals surface area contributed by atoms with Crippen LogP contribution in [-0.2, 0) is 9.59 Å². The van der Waals surface area contributed by atoms with Gasteiger partial charge in [-0.1, -0.05) is 12.8 Å². The molecule has 1 saturated carbocycles. The first-order chi connectivity index (χ1) is 8.13. The molecule has 0 bridgehead atoms. The number of likely N-dealkylation sites (tertiary alicyclic amines) is 1. The van der Waals surface area contributed by atoms with Gasteiger partial charge in [-0.15, -0.1) is 0 Å². The summed E-state index contributed by atoms with van der Waals surface area (Å²) in [7, 11) is 0. The first-order valence-electron chi connectivity index (χ1n) is 6.64. The van der Waals surface area contributed by atoms with Gasteiger partial charge in [-0.25, -0.2) is 0 Å². The first-order valence-corrected chi connectivity index (χ1v) is 6.64. The Labute approximate surface area is 102 Å². The maximum Gasteiger partial charge on any atom is 0.303 e. The Morgan fingerprint density at radius 2 is 2.06 bits per heavy atom. The zero-order chi connectivity index (χ0) is 12.4. The summed E-state index contributed by atoms with van der Waals surface area (Å²) in [6.45, 7) is 2.71. The lowest BCUT2D eigenvalue weighted by Gasteiger charge is -2.31. The van der Waals surface area contributed by atoms with Crippen LogP contribution in [-0.4, -0.2) is 34.5 Å². The molecule has 4 heteroatoms. The fourth-order valence-electron chi connectivity index (χ4n) is 3.63. The van der Waals surface area contributed by atoms with Gasteiger partial charge >= 0.3 is 5.97 Å². The highest BCUT2D eigenvalue weighted by atomic mass is 16.4. The van der Waals surface area contributed by atoms with Gasteiger partial charge in [-0.3, -0.25) is 9.59 Å². The lowest BCUT2D eigenvalue weighted by molar-refractivity contribution is -0.138. The Bertz CT molecular complexity index is 310. The third-order valence-corrected chi connectivity index (χ3v) is 4.26. The Morgan fingerprint density at radius 1 is 1.41 bits per heavy atom. The largest absolute Gasteiger partial charge is 0.481 e. The molecule has 1 aliphatic carbocycles. The minimum absolute atomic E-state index is 0.0306. The second-order valence-electron chi connectivity index (χ2n) is 5.28. The number of rotatable bonds is 4. The number of carbonyl (C=O) groups is 2. The molecule has 0 aromatic carbocycles. The van der Waals surface area contributed by atoms with Crippen molar-refractivity contribution in [3.05, 3.63) is 0 Å². The second-order valence-corrected chi connectivity index (χ2v) is 5.28. The standard InChI is InChI=1S/C13H21NO3/c1-2-14-11(15)7-10(8-12(16)17)13(14)9-5-3-4-6-9/h9-10,13H,2-8H2,1H3,(H,16,17)/t10-,13-/m1/s1. The molecule has 1 amide bonds. The van der Waals surface area contributed by atoms with Crippen molar-refractivity contribution in [1.29, 1.82) is 0 Å². The van der Waals surface area contributed by atoms with E-state index >= 15 is 0 Å². The molecule has 2 aliphatic rings. The van der Waals surface area contributed by atoms with Gasteiger partial charge in [0.15, 0.2) is 0 Å². The van der Waals surface area contributed by atoms with Crippen molar-refractivity contribution in [2.45, 2.75) is 51.5 Å². The molecule has 1 N–H and O–H groups in total. The molecule has 2 rings (SSSR count). The molecule has 4 nitrogen and oxygen atoms in total. The van der Waals surface area contributed by atoms with Crippen molar-refractivity contribution in [2.75, 3.05) is 6.54 Å². The summed E-state index contributed by atoms with van der Waals surface area (Å²) in [5.74, 6) is -0.0619. The Hall–Kier alpha value is -1.06. The van der Waals surface area contributed by atoms with E-state index in [1.807, 2.05) is 11.8 Å². The zero-order valence-corrected chi connectivity index (χ0v) is 10.4. The molecule has 0 spiro atoms. The molecule has 0 unspecified atom stereocenters. The number of carboxylic acids is 1. The molecule has 2 atom stereocenters. The van der Waals surface area contributed by atoms with E-state index in [0.29, 0.717) is 12.3 Å². The number of aliphatic carboxylic acids is 1. The van der Waals surface area contributed by atoms with E-state index in [-0.39, 0.29) is 24.3 Å². The maximum absolute atomic E-state index is 11.9. The van der Waals surface area contributed by atoms with Crippen LogP contribution in [0.15, 0.2) is 0 Å². The highest BCUT2D eigenvalue weighted by Gasteiger charge is 2.44. The molecule has 96 valence electrons. The highest BCUT2D eigenvalue weighted by molar-refractivity contribution is 5.80. The summed E-state index contributed by atoms with van der Waals surface area (Å²) in [6, 6.07) is 0.186. The van der Waals surface area contributed by atoms with E-state index < -0.39 is 5.97 Å². The van der Waals surface area contributed by atoms with Crippen LogP contribution in [0.3, 0.4) is 0 Å². The topological polar surface area (TPSA) is 57.6 Å². The molecule has 1 heterocycles. The minimum atomic E-state index is -0.774. The summed E-state index contributed by atoms with van der Waals surface area (Å²) in [5.41, 5.74) is 0. The summed E-state index contributed by atoms with van der Waals surface area (Å²) in [6.07, 6.45) is 5.35. The van der Waals surface area contributed by atoms with Crippen molar-refractivity contribution >= 4 is 11.9 Å². The number of carboxylic acid groups (broad SMARTS) is 1. The van der Waals surface area contributed by atoms with Crippen LogP contribution in [0.1, 0.15) is 45.4 Å². The molecular weight excluding hydrogens is 218 g/mol. The van der Waals surface area contributed by atoms with Crippen molar-refractivity contribution in [3.8, 4) is 0 Å². The average Bonchev–Trinajstić information content (AvgIpc) is 2.84. The van der Waals surface area contributed by atoms with Gasteiger partial charge < -0.3 is 10.0 Å². The number of hydrogen-bond acceptors (Lipinski definition) is 2. The molecule has 0 aromatic heterocycles. The summed E-state index contributed by atoms with van der Waals surface area (Å²) in [5, 5.41) is 8.95. The Balaban J connectivity index is 2.13. The summed E-state index contributed by atoms with van der Waals surface area (Å²) >= 11 is 0. The van der Waals surface area contributed by atoms with Crippen molar-refractivity contribution in [3.63, 3.8) is 0 Å². The monoisotopic (exact) mass is 239 g/mol.